The van der Waals surface area contributed by atoms with Gasteiger partial charge in [-0.15, -0.1) is 0 Å². The number of hydrogen-bond donors (Lipinski definition) is 0. The van der Waals surface area contributed by atoms with Crippen molar-refractivity contribution in [3.05, 3.63) is 41.9 Å². The van der Waals surface area contributed by atoms with Crippen LogP contribution in [0.15, 0.2) is 36.8 Å². The van der Waals surface area contributed by atoms with Crippen LogP contribution in [0.5, 0.6) is 0 Å². The highest BCUT2D eigenvalue weighted by Gasteiger charge is 2.27. The molecule has 6 nitrogen and oxygen atoms in total. The van der Waals surface area contributed by atoms with Gasteiger partial charge in [-0.2, -0.15) is 5.10 Å². The Bertz CT molecular complexity index is 922. The van der Waals surface area contributed by atoms with Crippen LogP contribution < -0.4 is 0 Å². The standard InChI is InChI=1S/C17H16ClN5O/c1-22-13(2-5-17(22)24)10-23-9-12(8-20-23)11-6-15-14(19-7-11)3-4-16(18)21-15/h3-4,6-9,13H,2,5,10H2,1H3/t13-/m1/s1. The number of pyridine rings is 2. The van der Waals surface area contributed by atoms with E-state index in [1.807, 2.05) is 47.4 Å². The summed E-state index contributed by atoms with van der Waals surface area (Å²) in [5.74, 6) is 0.203. The van der Waals surface area contributed by atoms with Gasteiger partial charge < -0.3 is 4.90 Å². The summed E-state index contributed by atoms with van der Waals surface area (Å²) < 4.78 is 1.88. The van der Waals surface area contributed by atoms with Gasteiger partial charge in [-0.1, -0.05) is 11.6 Å². The Morgan fingerprint density at radius 3 is 2.92 bits per heavy atom. The predicted molar refractivity (Wildman–Crippen MR) is 91.6 cm³/mol. The topological polar surface area (TPSA) is 63.9 Å². The third kappa shape index (κ3) is 2.73. The summed E-state index contributed by atoms with van der Waals surface area (Å²) in [4.78, 5) is 22.2. The Morgan fingerprint density at radius 1 is 1.25 bits per heavy atom. The summed E-state index contributed by atoms with van der Waals surface area (Å²) in [5.41, 5.74) is 3.48. The first kappa shape index (κ1) is 15.1. The second-order valence-electron chi connectivity index (χ2n) is 6.04. The van der Waals surface area contributed by atoms with Gasteiger partial charge in [0.15, 0.2) is 0 Å². The second kappa shape index (κ2) is 5.87. The van der Waals surface area contributed by atoms with Crippen molar-refractivity contribution in [3.63, 3.8) is 0 Å². The van der Waals surface area contributed by atoms with Crippen LogP contribution in [0.2, 0.25) is 5.15 Å². The van der Waals surface area contributed by atoms with E-state index in [0.29, 0.717) is 18.1 Å². The monoisotopic (exact) mass is 341 g/mol. The molecule has 24 heavy (non-hydrogen) atoms. The van der Waals surface area contributed by atoms with Crippen molar-refractivity contribution >= 4 is 28.5 Å². The number of carbonyl (C=O) groups is 1. The van der Waals surface area contributed by atoms with Gasteiger partial charge >= 0.3 is 0 Å². The Labute approximate surface area is 144 Å². The molecule has 7 heteroatoms. The van der Waals surface area contributed by atoms with Gasteiger partial charge in [-0.3, -0.25) is 14.5 Å². The first-order valence-electron chi connectivity index (χ1n) is 7.81. The van der Waals surface area contributed by atoms with E-state index in [0.717, 1.165) is 28.6 Å². The van der Waals surface area contributed by atoms with E-state index in [1.54, 1.807) is 6.07 Å². The fourth-order valence-electron chi connectivity index (χ4n) is 3.05. The van der Waals surface area contributed by atoms with Gasteiger partial charge in [-0.25, -0.2) is 4.98 Å². The lowest BCUT2D eigenvalue weighted by Gasteiger charge is -2.19. The predicted octanol–water partition coefficient (Wildman–Crippen LogP) is 2.77. The Hall–Kier alpha value is -2.47. The maximum absolute atomic E-state index is 11.6. The minimum Gasteiger partial charge on any atom is -0.341 e. The van der Waals surface area contributed by atoms with Crippen molar-refractivity contribution in [2.45, 2.75) is 25.4 Å². The van der Waals surface area contributed by atoms with E-state index in [2.05, 4.69) is 15.1 Å². The molecule has 1 atom stereocenters. The quantitative estimate of drug-likeness (QED) is 0.687. The maximum atomic E-state index is 11.6. The van der Waals surface area contributed by atoms with Crippen LogP contribution in [0.3, 0.4) is 0 Å². The molecule has 0 radical (unpaired) electrons. The molecule has 0 saturated carbocycles. The van der Waals surface area contributed by atoms with Gasteiger partial charge in [0.25, 0.3) is 0 Å². The second-order valence-corrected chi connectivity index (χ2v) is 6.43. The number of nitrogens with zero attached hydrogens (tertiary/aromatic N) is 5. The summed E-state index contributed by atoms with van der Waals surface area (Å²) in [6, 6.07) is 5.75. The molecule has 1 aliphatic rings. The minimum atomic E-state index is 0.203. The van der Waals surface area contributed by atoms with Crippen molar-refractivity contribution in [3.8, 4) is 11.1 Å². The molecule has 1 aliphatic heterocycles. The average molecular weight is 342 g/mol. The van der Waals surface area contributed by atoms with Gasteiger partial charge in [0.05, 0.1) is 29.8 Å². The Balaban J connectivity index is 1.59. The van der Waals surface area contributed by atoms with Gasteiger partial charge in [0, 0.05) is 37.0 Å². The van der Waals surface area contributed by atoms with Crippen LogP contribution in [0.4, 0.5) is 0 Å². The molecule has 0 N–H and O–H groups in total. The smallest absolute Gasteiger partial charge is 0.222 e. The van der Waals surface area contributed by atoms with E-state index < -0.39 is 0 Å². The van der Waals surface area contributed by atoms with E-state index in [-0.39, 0.29) is 11.9 Å². The van der Waals surface area contributed by atoms with Crippen LogP contribution in [0.1, 0.15) is 12.8 Å². The normalized spacial score (nSPS) is 17.8. The van der Waals surface area contributed by atoms with E-state index in [9.17, 15) is 4.79 Å². The van der Waals surface area contributed by atoms with Crippen LogP contribution in [-0.4, -0.2) is 43.6 Å². The summed E-state index contributed by atoms with van der Waals surface area (Å²) in [6.07, 6.45) is 7.10. The molecule has 0 unspecified atom stereocenters. The number of hydrogen-bond acceptors (Lipinski definition) is 4. The lowest BCUT2D eigenvalue weighted by atomic mass is 10.1. The number of amides is 1. The van der Waals surface area contributed by atoms with Gasteiger partial charge in [0.2, 0.25) is 5.91 Å². The SMILES string of the molecule is CN1C(=O)CC[C@@H]1Cn1cc(-c2cnc3ccc(Cl)nc3c2)cn1. The number of rotatable bonds is 3. The molecule has 1 fully saturated rings. The number of likely N-dealkylation sites (N-methyl/N-ethyl adjacent to an activating group) is 1. The molecule has 0 aliphatic carbocycles. The van der Waals surface area contributed by atoms with Crippen LogP contribution in [0, 0.1) is 0 Å². The molecule has 0 aromatic carbocycles. The highest BCUT2D eigenvalue weighted by atomic mass is 35.5. The fourth-order valence-corrected chi connectivity index (χ4v) is 3.20. The van der Waals surface area contributed by atoms with Gasteiger partial charge in [-0.05, 0) is 24.6 Å². The summed E-state index contributed by atoms with van der Waals surface area (Å²) >= 11 is 5.95. The van der Waals surface area contributed by atoms with Crippen molar-refractivity contribution in [2.75, 3.05) is 7.05 Å². The third-order valence-corrected chi connectivity index (χ3v) is 4.71. The van der Waals surface area contributed by atoms with Crippen LogP contribution in [-0.2, 0) is 11.3 Å². The van der Waals surface area contributed by atoms with Crippen molar-refractivity contribution in [1.29, 1.82) is 0 Å². The van der Waals surface area contributed by atoms with E-state index in [4.69, 9.17) is 11.6 Å². The Kier molecular flexibility index (Phi) is 3.69. The summed E-state index contributed by atoms with van der Waals surface area (Å²) in [5, 5.41) is 4.87. The fraction of sp³-hybridized carbons (Fsp3) is 0.294. The summed E-state index contributed by atoms with van der Waals surface area (Å²) in [7, 11) is 1.85. The highest BCUT2D eigenvalue weighted by molar-refractivity contribution is 6.29. The molecular weight excluding hydrogens is 326 g/mol. The van der Waals surface area contributed by atoms with Crippen LogP contribution in [0.25, 0.3) is 22.2 Å². The molecular formula is C17H16ClN5O. The molecule has 4 heterocycles. The molecule has 0 bridgehead atoms. The molecule has 3 aromatic heterocycles. The highest BCUT2D eigenvalue weighted by Crippen LogP contribution is 2.23. The lowest BCUT2D eigenvalue weighted by molar-refractivity contribution is -0.127. The lowest BCUT2D eigenvalue weighted by Crippen LogP contribution is -2.32. The number of aromatic nitrogens is 4. The zero-order chi connectivity index (χ0) is 16.7. The minimum absolute atomic E-state index is 0.203. The molecule has 3 aromatic rings. The number of likely N-dealkylation sites (tertiary alicyclic amines) is 1. The van der Waals surface area contributed by atoms with Crippen molar-refractivity contribution < 1.29 is 4.79 Å². The third-order valence-electron chi connectivity index (χ3n) is 4.50. The molecule has 1 amide bonds. The van der Waals surface area contributed by atoms with Crippen LogP contribution >= 0.6 is 11.6 Å². The maximum Gasteiger partial charge on any atom is 0.222 e. The first-order valence-corrected chi connectivity index (χ1v) is 8.19. The van der Waals surface area contributed by atoms with E-state index >= 15 is 0 Å². The number of carbonyl (C=O) groups excluding carboxylic acids is 1. The molecule has 4 rings (SSSR count). The number of halogens is 1. The first-order chi connectivity index (χ1) is 11.6. The summed E-state index contributed by atoms with van der Waals surface area (Å²) in [6.45, 7) is 0.702. The molecule has 1 saturated heterocycles. The average Bonchev–Trinajstić information content (AvgIpc) is 3.16. The van der Waals surface area contributed by atoms with E-state index in [1.165, 1.54) is 0 Å². The zero-order valence-corrected chi connectivity index (χ0v) is 13.9. The Morgan fingerprint density at radius 2 is 2.12 bits per heavy atom. The van der Waals surface area contributed by atoms with Crippen molar-refractivity contribution in [2.24, 2.45) is 0 Å². The zero-order valence-electron chi connectivity index (χ0n) is 13.2. The number of fused-ring (bicyclic) bond motifs is 1. The van der Waals surface area contributed by atoms with Gasteiger partial charge in [0.1, 0.15) is 5.15 Å². The van der Waals surface area contributed by atoms with Crippen molar-refractivity contribution in [1.82, 2.24) is 24.6 Å². The largest absolute Gasteiger partial charge is 0.341 e. The molecule has 0 spiro atoms. The molecule has 122 valence electrons.